The molecule has 162 valence electrons. The van der Waals surface area contributed by atoms with Crippen molar-refractivity contribution in [1.29, 1.82) is 0 Å². The van der Waals surface area contributed by atoms with E-state index in [1.165, 1.54) is 6.20 Å². The van der Waals surface area contributed by atoms with Gasteiger partial charge in [-0.3, -0.25) is 9.48 Å². The van der Waals surface area contributed by atoms with E-state index in [0.717, 1.165) is 19.4 Å². The lowest BCUT2D eigenvalue weighted by molar-refractivity contribution is 0.0499. The summed E-state index contributed by atoms with van der Waals surface area (Å²) in [6, 6.07) is -0.0825. The summed E-state index contributed by atoms with van der Waals surface area (Å²) in [4.78, 5) is 34.7. The van der Waals surface area contributed by atoms with E-state index >= 15 is 0 Å². The molecule has 1 aliphatic rings. The third-order valence-corrected chi connectivity index (χ3v) is 4.43. The van der Waals surface area contributed by atoms with Crippen LogP contribution < -0.4 is 21.3 Å². The van der Waals surface area contributed by atoms with Crippen molar-refractivity contribution >= 4 is 29.3 Å². The lowest BCUT2D eigenvalue weighted by Gasteiger charge is -2.34. The Hall–Kier alpha value is -3.37. The Morgan fingerprint density at radius 2 is 2.07 bits per heavy atom. The molecule has 1 saturated heterocycles. The first kappa shape index (κ1) is 21.3. The molecule has 0 aliphatic carbocycles. The first-order valence-corrected chi connectivity index (χ1v) is 9.78. The van der Waals surface area contributed by atoms with Crippen LogP contribution in [0.4, 0.5) is 22.1 Å². The molecular formula is C19H28N8O3. The number of rotatable bonds is 5. The van der Waals surface area contributed by atoms with E-state index < -0.39 is 17.6 Å². The van der Waals surface area contributed by atoms with E-state index in [2.05, 4.69) is 25.7 Å². The fourth-order valence-electron chi connectivity index (χ4n) is 3.20. The Kier molecular flexibility index (Phi) is 6.09. The van der Waals surface area contributed by atoms with Crippen molar-refractivity contribution in [2.75, 3.05) is 23.3 Å². The van der Waals surface area contributed by atoms with Crippen LogP contribution in [0.1, 0.15) is 44.1 Å². The first-order chi connectivity index (χ1) is 14.1. The van der Waals surface area contributed by atoms with Crippen LogP contribution in [0.5, 0.6) is 0 Å². The molecule has 1 atom stereocenters. The van der Waals surface area contributed by atoms with Crippen molar-refractivity contribution in [1.82, 2.24) is 25.1 Å². The zero-order chi connectivity index (χ0) is 21.9. The van der Waals surface area contributed by atoms with Gasteiger partial charge in [0.2, 0.25) is 0 Å². The van der Waals surface area contributed by atoms with Crippen LogP contribution in [0.3, 0.4) is 0 Å². The van der Waals surface area contributed by atoms with Crippen molar-refractivity contribution in [2.24, 2.45) is 12.8 Å². The van der Waals surface area contributed by atoms with Gasteiger partial charge in [-0.25, -0.2) is 14.8 Å². The number of primary amides is 1. The molecule has 11 nitrogen and oxygen atoms in total. The summed E-state index contributed by atoms with van der Waals surface area (Å²) in [5.74, 6) is 0.167. The van der Waals surface area contributed by atoms with Gasteiger partial charge >= 0.3 is 6.09 Å². The molecule has 0 aromatic carbocycles. The zero-order valence-electron chi connectivity index (χ0n) is 17.7. The number of carbonyl (C=O) groups excluding carboxylic acids is 2. The molecule has 2 aromatic heterocycles. The van der Waals surface area contributed by atoms with Crippen molar-refractivity contribution in [2.45, 2.75) is 45.3 Å². The standard InChI is InChI=1S/C19H28N8O3/c1-19(2,3)30-18(29)24-12-6-5-7-27(11-12)14-9-21-15(16(20)28)17(25-14)23-13-8-22-26(4)10-13/h8-10,12H,5-7,11H2,1-4H3,(H2,20,28)(H,23,25)(H,24,29)/t12-/m1/s1. The van der Waals surface area contributed by atoms with Crippen molar-refractivity contribution < 1.29 is 14.3 Å². The van der Waals surface area contributed by atoms with E-state index in [9.17, 15) is 9.59 Å². The Morgan fingerprint density at radius 1 is 1.30 bits per heavy atom. The fraction of sp³-hybridized carbons (Fsp3) is 0.526. The number of nitrogens with two attached hydrogens (primary N) is 1. The van der Waals surface area contributed by atoms with E-state index in [-0.39, 0.29) is 17.6 Å². The number of amides is 2. The van der Waals surface area contributed by atoms with Gasteiger partial charge in [0.05, 0.1) is 18.1 Å². The van der Waals surface area contributed by atoms with Crippen LogP contribution in [0.25, 0.3) is 0 Å². The highest BCUT2D eigenvalue weighted by Gasteiger charge is 2.26. The van der Waals surface area contributed by atoms with Crippen LogP contribution in [0.2, 0.25) is 0 Å². The molecule has 4 N–H and O–H groups in total. The topological polar surface area (TPSA) is 140 Å². The number of hydrogen-bond donors (Lipinski definition) is 3. The molecule has 1 aliphatic heterocycles. The zero-order valence-corrected chi connectivity index (χ0v) is 17.7. The molecule has 11 heteroatoms. The minimum atomic E-state index is -0.677. The smallest absolute Gasteiger partial charge is 0.407 e. The summed E-state index contributed by atoms with van der Waals surface area (Å²) in [5, 5.41) is 10.0. The number of aryl methyl sites for hydroxylation is 1. The lowest BCUT2D eigenvalue weighted by Crippen LogP contribution is -2.49. The minimum Gasteiger partial charge on any atom is -0.444 e. The normalized spacial score (nSPS) is 16.8. The van der Waals surface area contributed by atoms with E-state index in [0.29, 0.717) is 18.1 Å². The maximum atomic E-state index is 12.1. The van der Waals surface area contributed by atoms with Gasteiger partial charge in [0.25, 0.3) is 5.91 Å². The number of anilines is 3. The lowest BCUT2D eigenvalue weighted by atomic mass is 10.1. The third-order valence-electron chi connectivity index (χ3n) is 4.43. The van der Waals surface area contributed by atoms with Crippen molar-refractivity contribution in [3.8, 4) is 0 Å². The predicted molar refractivity (Wildman–Crippen MR) is 112 cm³/mol. The van der Waals surface area contributed by atoms with Gasteiger partial charge in [-0.2, -0.15) is 5.10 Å². The summed E-state index contributed by atoms with van der Waals surface area (Å²) in [6.45, 7) is 6.78. The number of hydrogen-bond acceptors (Lipinski definition) is 8. The van der Waals surface area contributed by atoms with Crippen LogP contribution >= 0.6 is 0 Å². The quantitative estimate of drug-likeness (QED) is 0.667. The maximum Gasteiger partial charge on any atom is 0.407 e. The van der Waals surface area contributed by atoms with Crippen molar-refractivity contribution in [3.05, 3.63) is 24.3 Å². The maximum absolute atomic E-state index is 12.1. The predicted octanol–water partition coefficient (Wildman–Crippen LogP) is 1.55. The molecular weight excluding hydrogens is 388 g/mol. The highest BCUT2D eigenvalue weighted by Crippen LogP contribution is 2.23. The van der Waals surface area contributed by atoms with Gasteiger partial charge in [0.1, 0.15) is 11.4 Å². The van der Waals surface area contributed by atoms with Gasteiger partial charge < -0.3 is 26.0 Å². The van der Waals surface area contributed by atoms with E-state index in [1.54, 1.807) is 24.1 Å². The SMILES string of the molecule is Cn1cc(Nc2nc(N3CCC[C@@H](NC(=O)OC(C)(C)C)C3)cnc2C(N)=O)cn1. The molecule has 2 amide bonds. The summed E-state index contributed by atoms with van der Waals surface area (Å²) in [5.41, 5.74) is 5.60. The second-order valence-electron chi connectivity index (χ2n) is 8.25. The van der Waals surface area contributed by atoms with Gasteiger partial charge in [-0.05, 0) is 33.6 Å². The summed E-state index contributed by atoms with van der Waals surface area (Å²) in [6.07, 6.45) is 6.14. The number of nitrogens with one attached hydrogen (secondary N) is 2. The van der Waals surface area contributed by atoms with Gasteiger partial charge in [0.15, 0.2) is 11.5 Å². The fourth-order valence-corrected chi connectivity index (χ4v) is 3.20. The number of carbonyl (C=O) groups is 2. The second kappa shape index (κ2) is 8.56. The molecule has 3 heterocycles. The highest BCUT2D eigenvalue weighted by atomic mass is 16.6. The molecule has 2 aromatic rings. The Labute approximate surface area is 175 Å². The van der Waals surface area contributed by atoms with Crippen LogP contribution in [0, 0.1) is 0 Å². The van der Waals surface area contributed by atoms with Gasteiger partial charge in [-0.1, -0.05) is 0 Å². The molecule has 0 saturated carbocycles. The van der Waals surface area contributed by atoms with Crippen molar-refractivity contribution in [3.63, 3.8) is 0 Å². The van der Waals surface area contributed by atoms with E-state index in [4.69, 9.17) is 10.5 Å². The number of aromatic nitrogens is 4. The van der Waals surface area contributed by atoms with Crippen LogP contribution in [-0.4, -0.2) is 56.5 Å². The molecule has 0 unspecified atom stereocenters. The monoisotopic (exact) mass is 416 g/mol. The summed E-state index contributed by atoms with van der Waals surface area (Å²) < 4.78 is 6.97. The molecule has 0 bridgehead atoms. The Morgan fingerprint density at radius 3 is 2.70 bits per heavy atom. The third kappa shape index (κ3) is 5.58. The molecule has 3 rings (SSSR count). The average Bonchev–Trinajstić information content (AvgIpc) is 3.04. The molecule has 30 heavy (non-hydrogen) atoms. The van der Waals surface area contributed by atoms with E-state index in [1.807, 2.05) is 25.7 Å². The number of alkyl carbamates (subject to hydrolysis) is 1. The number of ether oxygens (including phenoxy) is 1. The minimum absolute atomic E-state index is 0.0445. The van der Waals surface area contributed by atoms with Gasteiger partial charge in [-0.15, -0.1) is 0 Å². The van der Waals surface area contributed by atoms with Crippen LogP contribution in [0.15, 0.2) is 18.6 Å². The first-order valence-electron chi connectivity index (χ1n) is 9.78. The largest absolute Gasteiger partial charge is 0.444 e. The summed E-state index contributed by atoms with van der Waals surface area (Å²) >= 11 is 0. The Balaban J connectivity index is 1.75. The number of piperidine rings is 1. The second-order valence-corrected chi connectivity index (χ2v) is 8.25. The van der Waals surface area contributed by atoms with Crippen LogP contribution in [-0.2, 0) is 11.8 Å². The average molecular weight is 416 g/mol. The molecule has 1 fully saturated rings. The molecule has 0 spiro atoms. The van der Waals surface area contributed by atoms with Gasteiger partial charge in [0, 0.05) is 32.4 Å². The molecule has 0 radical (unpaired) electrons. The number of nitrogens with zero attached hydrogens (tertiary/aromatic N) is 5. The Bertz CT molecular complexity index is 921. The summed E-state index contributed by atoms with van der Waals surface area (Å²) in [7, 11) is 1.79. The highest BCUT2D eigenvalue weighted by molar-refractivity contribution is 5.96.